The van der Waals surface area contributed by atoms with E-state index in [2.05, 4.69) is 4.74 Å². The van der Waals surface area contributed by atoms with Crippen molar-refractivity contribution in [2.24, 2.45) is 11.6 Å². The second-order valence-electron chi connectivity index (χ2n) is 5.95. The van der Waals surface area contributed by atoms with Crippen molar-refractivity contribution < 1.29 is 37.7 Å². The van der Waals surface area contributed by atoms with Crippen LogP contribution < -0.4 is 11.6 Å². The van der Waals surface area contributed by atoms with E-state index in [0.29, 0.717) is 12.1 Å². The molecule has 0 saturated carbocycles. The van der Waals surface area contributed by atoms with Gasteiger partial charge in [-0.1, -0.05) is 13.8 Å². The molecule has 1 aliphatic rings. The van der Waals surface area contributed by atoms with Gasteiger partial charge in [0.1, 0.15) is 12.2 Å². The summed E-state index contributed by atoms with van der Waals surface area (Å²) in [5.41, 5.74) is 5.36. The fraction of sp³-hybridized carbons (Fsp3) is 0.500. The van der Waals surface area contributed by atoms with Gasteiger partial charge >= 0.3 is 5.97 Å². The number of hydrogen-bond donors (Lipinski definition) is 4. The van der Waals surface area contributed by atoms with E-state index in [0.717, 1.165) is 18.3 Å². The van der Waals surface area contributed by atoms with E-state index >= 15 is 0 Å². The quantitative estimate of drug-likeness (QED) is 0.235. The van der Waals surface area contributed by atoms with Crippen LogP contribution in [0.1, 0.15) is 25.8 Å². The first-order valence-corrected chi connectivity index (χ1v) is 8.87. The molecule has 2 rings (SSSR count). The molecule has 1 aromatic rings. The summed E-state index contributed by atoms with van der Waals surface area (Å²) in [6, 6.07) is 0.437. The molecule has 4 unspecified atom stereocenters. The van der Waals surface area contributed by atoms with Crippen LogP contribution in [0.5, 0.6) is 0 Å². The number of benzene rings is 1. The van der Waals surface area contributed by atoms with Crippen LogP contribution >= 0.6 is 0 Å². The summed E-state index contributed by atoms with van der Waals surface area (Å²) in [5.74, 6) is 0.653. The molecule has 4 atom stereocenters. The van der Waals surface area contributed by atoms with Gasteiger partial charge in [0.2, 0.25) is 0 Å². The monoisotopic (exact) mass is 421 g/mol. The molecule has 6 N–H and O–H groups in total. The van der Waals surface area contributed by atoms with Crippen molar-refractivity contribution in [1.82, 2.24) is 5.01 Å². The number of aliphatic hydroxyl groups excluding tert-OH is 2. The molecule has 0 amide bonds. The van der Waals surface area contributed by atoms with E-state index in [9.17, 15) is 28.2 Å². The first kappa shape index (κ1) is 24.7. The second kappa shape index (κ2) is 11.0. The van der Waals surface area contributed by atoms with Gasteiger partial charge in [-0.05, 0) is 12.1 Å². The predicted octanol–water partition coefficient (Wildman–Crippen LogP) is 0.615. The van der Waals surface area contributed by atoms with Gasteiger partial charge in [-0.3, -0.25) is 0 Å². The summed E-state index contributed by atoms with van der Waals surface area (Å²) >= 11 is 0. The van der Waals surface area contributed by atoms with Crippen molar-refractivity contribution in [2.75, 3.05) is 13.7 Å². The molecule has 0 aliphatic carbocycles. The lowest BCUT2D eigenvalue weighted by atomic mass is 9.95. The highest BCUT2D eigenvalue weighted by atomic mass is 19.2. The lowest BCUT2D eigenvalue weighted by Crippen LogP contribution is -2.58. The van der Waals surface area contributed by atoms with Crippen molar-refractivity contribution in [3.8, 4) is 0 Å². The molecule has 1 aliphatic heterocycles. The zero-order valence-corrected chi connectivity index (χ0v) is 16.3. The van der Waals surface area contributed by atoms with Gasteiger partial charge in [-0.25, -0.2) is 23.8 Å². The molecule has 8 nitrogen and oxygen atoms in total. The molecule has 1 saturated heterocycles. The third-order valence-corrected chi connectivity index (χ3v) is 4.20. The smallest absolute Gasteiger partial charge is 0.335 e. The van der Waals surface area contributed by atoms with Crippen LogP contribution in [0, 0.1) is 17.5 Å². The van der Waals surface area contributed by atoms with Crippen molar-refractivity contribution in [3.05, 3.63) is 41.3 Å². The normalized spacial score (nSPS) is 24.4. The van der Waals surface area contributed by atoms with Crippen LogP contribution in [0.25, 0.3) is 5.70 Å². The summed E-state index contributed by atoms with van der Waals surface area (Å²) in [4.78, 5) is 11.7. The first-order chi connectivity index (χ1) is 13.7. The summed E-state index contributed by atoms with van der Waals surface area (Å²) in [7, 11) is 1.15. The van der Waals surface area contributed by atoms with Crippen molar-refractivity contribution in [2.45, 2.75) is 44.6 Å². The lowest BCUT2D eigenvalue weighted by molar-refractivity contribution is -0.188. The minimum Gasteiger partial charge on any atom is -0.467 e. The van der Waals surface area contributed by atoms with Gasteiger partial charge < -0.3 is 30.4 Å². The number of aliphatic hydroxyl groups is 2. The lowest BCUT2D eigenvalue weighted by Gasteiger charge is -2.41. The van der Waals surface area contributed by atoms with E-state index < -0.39 is 54.4 Å². The average molecular weight is 421 g/mol. The first-order valence-electron chi connectivity index (χ1n) is 8.87. The van der Waals surface area contributed by atoms with Gasteiger partial charge in [0.25, 0.3) is 0 Å². The standard InChI is InChI=1S/C16H20F3N3O5.C2H6/c1-26-16(25)12-4-11(15(24)13(6-23)27-12)22(21)5-10(20)7-2-8(17)14(19)9(18)3-7;1-2/h2-3,5,11-13,15,23-24H,4,6,20-21H2,1H3;1-2H3/b10-5-;. The Morgan fingerprint density at radius 2 is 1.90 bits per heavy atom. The Labute approximate surface area is 166 Å². The molecule has 1 aromatic carbocycles. The second-order valence-corrected chi connectivity index (χ2v) is 5.95. The van der Waals surface area contributed by atoms with Gasteiger partial charge in [0.15, 0.2) is 23.6 Å². The maximum Gasteiger partial charge on any atom is 0.335 e. The summed E-state index contributed by atoms with van der Waals surface area (Å²) in [5, 5.41) is 20.5. The fourth-order valence-electron chi connectivity index (χ4n) is 2.74. The molecular formula is C18H26F3N3O5. The summed E-state index contributed by atoms with van der Waals surface area (Å²) < 4.78 is 49.6. The van der Waals surface area contributed by atoms with E-state index in [1.807, 2.05) is 13.8 Å². The van der Waals surface area contributed by atoms with Crippen LogP contribution in [0.4, 0.5) is 13.2 Å². The van der Waals surface area contributed by atoms with Crippen molar-refractivity contribution >= 4 is 11.7 Å². The molecular weight excluding hydrogens is 395 g/mol. The number of nitrogens with zero attached hydrogens (tertiary/aromatic N) is 1. The Balaban J connectivity index is 0.00000204. The number of hydrogen-bond acceptors (Lipinski definition) is 8. The van der Waals surface area contributed by atoms with Gasteiger partial charge in [-0.2, -0.15) is 0 Å². The number of halogens is 3. The molecule has 29 heavy (non-hydrogen) atoms. The van der Waals surface area contributed by atoms with Crippen LogP contribution in [0.15, 0.2) is 18.3 Å². The highest BCUT2D eigenvalue weighted by Gasteiger charge is 2.42. The van der Waals surface area contributed by atoms with Crippen LogP contribution in [-0.4, -0.2) is 59.3 Å². The molecule has 0 bridgehead atoms. The van der Waals surface area contributed by atoms with Crippen LogP contribution in [0.2, 0.25) is 0 Å². The number of ether oxygens (including phenoxy) is 2. The Morgan fingerprint density at radius 3 is 2.38 bits per heavy atom. The topological polar surface area (TPSA) is 131 Å². The maximum atomic E-state index is 13.4. The van der Waals surface area contributed by atoms with Crippen LogP contribution in [-0.2, 0) is 14.3 Å². The van der Waals surface area contributed by atoms with E-state index in [1.165, 1.54) is 0 Å². The minimum atomic E-state index is -1.64. The van der Waals surface area contributed by atoms with Crippen LogP contribution in [0.3, 0.4) is 0 Å². The highest BCUT2D eigenvalue weighted by molar-refractivity contribution is 5.74. The number of carbonyl (C=O) groups excluding carboxylic acids is 1. The third-order valence-electron chi connectivity index (χ3n) is 4.20. The molecule has 1 fully saturated rings. The third kappa shape index (κ3) is 5.82. The summed E-state index contributed by atoms with van der Waals surface area (Å²) in [6.45, 7) is 3.41. The van der Waals surface area contributed by atoms with Gasteiger partial charge in [-0.15, -0.1) is 0 Å². The highest BCUT2D eigenvalue weighted by Crippen LogP contribution is 2.25. The van der Waals surface area contributed by atoms with E-state index in [-0.39, 0.29) is 17.7 Å². The molecule has 11 heteroatoms. The number of carbonyl (C=O) groups is 1. The van der Waals surface area contributed by atoms with E-state index in [4.69, 9.17) is 16.3 Å². The summed E-state index contributed by atoms with van der Waals surface area (Å²) in [6.07, 6.45) is -2.55. The Bertz CT molecular complexity index is 712. The van der Waals surface area contributed by atoms with Gasteiger partial charge in [0.05, 0.1) is 25.5 Å². The maximum absolute atomic E-state index is 13.4. The molecule has 1 heterocycles. The minimum absolute atomic E-state index is 0.100. The van der Waals surface area contributed by atoms with Gasteiger partial charge in [0, 0.05) is 18.2 Å². The van der Waals surface area contributed by atoms with Crippen molar-refractivity contribution in [1.29, 1.82) is 0 Å². The van der Waals surface area contributed by atoms with E-state index in [1.54, 1.807) is 0 Å². The number of hydrazine groups is 1. The SMILES string of the molecule is CC.COC(=O)C1CC(N(N)/C=C(\N)c2cc(F)c(F)c(F)c2)C(O)C(CO)O1. The number of nitrogens with two attached hydrogens (primary N) is 2. The predicted molar refractivity (Wildman–Crippen MR) is 98.0 cm³/mol. The zero-order chi connectivity index (χ0) is 22.3. The Kier molecular flexibility index (Phi) is 9.37. The Morgan fingerprint density at radius 1 is 1.34 bits per heavy atom. The molecule has 164 valence electrons. The largest absolute Gasteiger partial charge is 0.467 e. The number of esters is 1. The fourth-order valence-corrected chi connectivity index (χ4v) is 2.74. The number of rotatable bonds is 5. The molecule has 0 aromatic heterocycles. The molecule has 0 radical (unpaired) electrons. The number of methoxy groups -OCH3 is 1. The van der Waals surface area contributed by atoms with Crippen molar-refractivity contribution in [3.63, 3.8) is 0 Å². The average Bonchev–Trinajstić information content (AvgIpc) is 2.72. The molecule has 0 spiro atoms. The Hall–Kier alpha value is -2.34. The zero-order valence-electron chi connectivity index (χ0n) is 16.3.